The quantitative estimate of drug-likeness (QED) is 0.851. The molecule has 0 unspecified atom stereocenters. The first-order chi connectivity index (χ1) is 8.56. The van der Waals surface area contributed by atoms with Crippen molar-refractivity contribution in [3.8, 4) is 11.1 Å². The van der Waals surface area contributed by atoms with Gasteiger partial charge in [-0.2, -0.15) is 4.39 Å². The SMILES string of the molecule is O=C(O)Cc1cc(-c2ccc(F)cc2)cnc1F. The molecule has 92 valence electrons. The third-order valence-electron chi connectivity index (χ3n) is 2.43. The van der Waals surface area contributed by atoms with Gasteiger partial charge in [-0.05, 0) is 23.8 Å². The lowest BCUT2D eigenvalue weighted by molar-refractivity contribution is -0.136. The van der Waals surface area contributed by atoms with Crippen molar-refractivity contribution < 1.29 is 18.7 Å². The van der Waals surface area contributed by atoms with Crippen molar-refractivity contribution in [2.24, 2.45) is 0 Å². The maximum Gasteiger partial charge on any atom is 0.307 e. The summed E-state index contributed by atoms with van der Waals surface area (Å²) in [6.45, 7) is 0. The van der Waals surface area contributed by atoms with Crippen LogP contribution in [0.2, 0.25) is 0 Å². The van der Waals surface area contributed by atoms with Crippen LogP contribution in [-0.4, -0.2) is 16.1 Å². The maximum absolute atomic E-state index is 13.3. The number of rotatable bonds is 3. The highest BCUT2D eigenvalue weighted by molar-refractivity contribution is 5.71. The topological polar surface area (TPSA) is 50.2 Å². The van der Waals surface area contributed by atoms with Crippen LogP contribution >= 0.6 is 0 Å². The fourth-order valence-corrected chi connectivity index (χ4v) is 1.58. The molecule has 0 bridgehead atoms. The van der Waals surface area contributed by atoms with Gasteiger partial charge in [0, 0.05) is 17.3 Å². The molecule has 1 N–H and O–H groups in total. The van der Waals surface area contributed by atoms with E-state index >= 15 is 0 Å². The number of aliphatic carboxylic acids is 1. The summed E-state index contributed by atoms with van der Waals surface area (Å²) < 4.78 is 26.0. The molecule has 1 aromatic heterocycles. The Morgan fingerprint density at radius 1 is 1.17 bits per heavy atom. The number of hydrogen-bond donors (Lipinski definition) is 1. The number of halogens is 2. The van der Waals surface area contributed by atoms with E-state index in [-0.39, 0.29) is 11.4 Å². The Balaban J connectivity index is 2.40. The highest BCUT2D eigenvalue weighted by Crippen LogP contribution is 2.21. The average Bonchev–Trinajstić information content (AvgIpc) is 2.32. The van der Waals surface area contributed by atoms with Gasteiger partial charge in [0.25, 0.3) is 0 Å². The smallest absolute Gasteiger partial charge is 0.307 e. The van der Waals surface area contributed by atoms with Gasteiger partial charge >= 0.3 is 5.97 Å². The molecule has 0 radical (unpaired) electrons. The summed E-state index contributed by atoms with van der Waals surface area (Å²) in [6, 6.07) is 7.00. The van der Waals surface area contributed by atoms with Crippen LogP contribution in [-0.2, 0) is 11.2 Å². The highest BCUT2D eigenvalue weighted by Gasteiger charge is 2.10. The molecule has 0 saturated carbocycles. The van der Waals surface area contributed by atoms with Crippen molar-refractivity contribution in [3.63, 3.8) is 0 Å². The summed E-state index contributed by atoms with van der Waals surface area (Å²) in [5.41, 5.74) is 1.20. The second-order valence-corrected chi connectivity index (χ2v) is 3.75. The van der Waals surface area contributed by atoms with E-state index in [1.807, 2.05) is 0 Å². The fourth-order valence-electron chi connectivity index (χ4n) is 1.58. The number of hydrogen-bond acceptors (Lipinski definition) is 2. The zero-order valence-corrected chi connectivity index (χ0v) is 9.23. The first-order valence-electron chi connectivity index (χ1n) is 5.18. The number of aromatic nitrogens is 1. The summed E-state index contributed by atoms with van der Waals surface area (Å²) in [5, 5.41) is 8.65. The summed E-state index contributed by atoms with van der Waals surface area (Å²) >= 11 is 0. The lowest BCUT2D eigenvalue weighted by atomic mass is 10.0. The first kappa shape index (κ1) is 12.2. The summed E-state index contributed by atoms with van der Waals surface area (Å²) in [5.74, 6) is -2.31. The Bertz CT molecular complexity index is 582. The van der Waals surface area contributed by atoms with E-state index in [9.17, 15) is 13.6 Å². The number of carboxylic acids is 1. The molecule has 0 spiro atoms. The lowest BCUT2D eigenvalue weighted by Crippen LogP contribution is -2.04. The van der Waals surface area contributed by atoms with E-state index in [1.54, 1.807) is 0 Å². The Kier molecular flexibility index (Phi) is 3.32. The van der Waals surface area contributed by atoms with E-state index < -0.39 is 18.3 Å². The Morgan fingerprint density at radius 2 is 1.83 bits per heavy atom. The lowest BCUT2D eigenvalue weighted by Gasteiger charge is -2.04. The van der Waals surface area contributed by atoms with Crippen LogP contribution in [0, 0.1) is 11.8 Å². The Hall–Kier alpha value is -2.30. The molecule has 0 aliphatic carbocycles. The van der Waals surface area contributed by atoms with Crippen LogP contribution in [0.15, 0.2) is 36.5 Å². The van der Waals surface area contributed by atoms with Crippen molar-refractivity contribution in [1.29, 1.82) is 0 Å². The largest absolute Gasteiger partial charge is 0.481 e. The number of pyridine rings is 1. The molecule has 3 nitrogen and oxygen atoms in total. The van der Waals surface area contributed by atoms with Gasteiger partial charge in [-0.15, -0.1) is 0 Å². The second kappa shape index (κ2) is 4.91. The van der Waals surface area contributed by atoms with E-state index in [0.717, 1.165) is 0 Å². The zero-order chi connectivity index (χ0) is 13.1. The zero-order valence-electron chi connectivity index (χ0n) is 9.23. The normalized spacial score (nSPS) is 10.3. The molecule has 2 aromatic rings. The predicted molar refractivity (Wildman–Crippen MR) is 60.9 cm³/mol. The molecular weight excluding hydrogens is 240 g/mol. The Morgan fingerprint density at radius 3 is 2.44 bits per heavy atom. The van der Waals surface area contributed by atoms with E-state index in [1.165, 1.54) is 36.5 Å². The van der Waals surface area contributed by atoms with Gasteiger partial charge in [-0.3, -0.25) is 4.79 Å². The van der Waals surface area contributed by atoms with Gasteiger partial charge in [0.15, 0.2) is 0 Å². The average molecular weight is 249 g/mol. The molecule has 0 atom stereocenters. The van der Waals surface area contributed by atoms with E-state index in [0.29, 0.717) is 11.1 Å². The van der Waals surface area contributed by atoms with Crippen molar-refractivity contribution >= 4 is 5.97 Å². The van der Waals surface area contributed by atoms with Crippen LogP contribution < -0.4 is 0 Å². The van der Waals surface area contributed by atoms with Crippen LogP contribution in [0.25, 0.3) is 11.1 Å². The van der Waals surface area contributed by atoms with Crippen molar-refractivity contribution in [2.45, 2.75) is 6.42 Å². The summed E-state index contributed by atoms with van der Waals surface area (Å²) in [7, 11) is 0. The fraction of sp³-hybridized carbons (Fsp3) is 0.0769. The second-order valence-electron chi connectivity index (χ2n) is 3.75. The molecule has 0 aliphatic heterocycles. The van der Waals surface area contributed by atoms with Gasteiger partial charge in [0.05, 0.1) is 6.42 Å². The minimum absolute atomic E-state index is 0.00400. The molecule has 5 heteroatoms. The molecule has 0 amide bonds. The first-order valence-corrected chi connectivity index (χ1v) is 5.18. The van der Waals surface area contributed by atoms with E-state index in [4.69, 9.17) is 5.11 Å². The minimum Gasteiger partial charge on any atom is -0.481 e. The van der Waals surface area contributed by atoms with Gasteiger partial charge in [0.1, 0.15) is 5.82 Å². The predicted octanol–water partition coefficient (Wildman–Crippen LogP) is 2.65. The van der Waals surface area contributed by atoms with Crippen molar-refractivity contribution in [3.05, 3.63) is 53.9 Å². The molecule has 2 rings (SSSR count). The molecule has 0 saturated heterocycles. The number of nitrogens with zero attached hydrogens (tertiary/aromatic N) is 1. The minimum atomic E-state index is -1.13. The van der Waals surface area contributed by atoms with Gasteiger partial charge < -0.3 is 5.11 Å². The molecule has 1 heterocycles. The molecule has 18 heavy (non-hydrogen) atoms. The van der Waals surface area contributed by atoms with Crippen LogP contribution in [0.1, 0.15) is 5.56 Å². The maximum atomic E-state index is 13.3. The van der Waals surface area contributed by atoms with Gasteiger partial charge in [-0.1, -0.05) is 12.1 Å². The summed E-state index contributed by atoms with van der Waals surface area (Å²) in [4.78, 5) is 14.1. The van der Waals surface area contributed by atoms with Crippen LogP contribution in [0.4, 0.5) is 8.78 Å². The van der Waals surface area contributed by atoms with Crippen LogP contribution in [0.5, 0.6) is 0 Å². The molecule has 0 aliphatic rings. The third-order valence-corrected chi connectivity index (χ3v) is 2.43. The van der Waals surface area contributed by atoms with Crippen molar-refractivity contribution in [1.82, 2.24) is 4.98 Å². The monoisotopic (exact) mass is 249 g/mol. The Labute approximate surface area is 102 Å². The molecule has 0 fully saturated rings. The number of carboxylic acid groups (broad SMARTS) is 1. The molecule has 1 aromatic carbocycles. The standard InChI is InChI=1S/C13H9F2NO2/c14-11-3-1-8(2-4-11)10-5-9(6-12(17)18)13(15)16-7-10/h1-5,7H,6H2,(H,17,18). The molecular formula is C13H9F2NO2. The van der Waals surface area contributed by atoms with Crippen molar-refractivity contribution in [2.75, 3.05) is 0 Å². The summed E-state index contributed by atoms with van der Waals surface area (Å²) in [6.07, 6.45) is 0.849. The highest BCUT2D eigenvalue weighted by atomic mass is 19.1. The van der Waals surface area contributed by atoms with E-state index in [2.05, 4.69) is 4.98 Å². The van der Waals surface area contributed by atoms with Gasteiger partial charge in [0.2, 0.25) is 5.95 Å². The van der Waals surface area contributed by atoms with Gasteiger partial charge in [-0.25, -0.2) is 9.37 Å². The number of carbonyl (C=O) groups is 1. The third kappa shape index (κ3) is 2.68. The van der Waals surface area contributed by atoms with Crippen LogP contribution in [0.3, 0.4) is 0 Å². The number of benzene rings is 1.